The van der Waals surface area contributed by atoms with Crippen LogP contribution in [0.1, 0.15) is 38.8 Å². The van der Waals surface area contributed by atoms with Gasteiger partial charge in [0, 0.05) is 13.1 Å². The molecule has 1 atom stereocenters. The minimum absolute atomic E-state index is 0.264. The molecule has 0 aliphatic carbocycles. The third-order valence-corrected chi connectivity index (χ3v) is 5.38. The zero-order valence-electron chi connectivity index (χ0n) is 16.0. The average molecular weight is 392 g/mol. The van der Waals surface area contributed by atoms with Gasteiger partial charge < -0.3 is 9.64 Å². The van der Waals surface area contributed by atoms with Gasteiger partial charge in [-0.2, -0.15) is 0 Å². The maximum atomic E-state index is 12.5. The second kappa shape index (κ2) is 7.50. The molecule has 0 fully saturated rings. The molecule has 29 heavy (non-hydrogen) atoms. The third-order valence-electron chi connectivity index (χ3n) is 5.38. The first kappa shape index (κ1) is 18.9. The van der Waals surface area contributed by atoms with E-state index in [9.17, 15) is 19.2 Å². The van der Waals surface area contributed by atoms with E-state index in [4.69, 9.17) is 4.74 Å². The zero-order valence-corrected chi connectivity index (χ0v) is 16.0. The molecule has 0 spiro atoms. The van der Waals surface area contributed by atoms with Crippen LogP contribution in [0.5, 0.6) is 0 Å². The molecule has 0 bridgehead atoms. The van der Waals surface area contributed by atoms with E-state index >= 15 is 0 Å². The van der Waals surface area contributed by atoms with Crippen molar-refractivity contribution < 1.29 is 23.9 Å². The number of ether oxygens (including phenoxy) is 1. The number of fused-ring (bicyclic) bond motifs is 2. The van der Waals surface area contributed by atoms with Gasteiger partial charge in [0.15, 0.2) is 6.61 Å². The second-order valence-corrected chi connectivity index (χ2v) is 7.14. The van der Waals surface area contributed by atoms with E-state index in [2.05, 4.69) is 0 Å². The summed E-state index contributed by atoms with van der Waals surface area (Å²) in [6.45, 7) is 2.03. The van der Waals surface area contributed by atoms with E-state index in [1.807, 2.05) is 24.3 Å². The van der Waals surface area contributed by atoms with Crippen molar-refractivity contribution in [3.05, 3.63) is 70.8 Å². The number of nitrogens with zero attached hydrogens (tertiary/aromatic N) is 2. The van der Waals surface area contributed by atoms with Gasteiger partial charge in [0.1, 0.15) is 6.04 Å². The molecule has 2 heterocycles. The van der Waals surface area contributed by atoms with E-state index in [-0.39, 0.29) is 17.0 Å². The fourth-order valence-corrected chi connectivity index (χ4v) is 3.72. The molecule has 7 heteroatoms. The Morgan fingerprint density at radius 1 is 0.966 bits per heavy atom. The van der Waals surface area contributed by atoms with Crippen LogP contribution < -0.4 is 0 Å². The fraction of sp³-hybridized carbons (Fsp3) is 0.273. The molecule has 2 aliphatic rings. The molecular formula is C22H20N2O5. The maximum absolute atomic E-state index is 12.5. The van der Waals surface area contributed by atoms with Crippen LogP contribution in [0.2, 0.25) is 0 Å². The van der Waals surface area contributed by atoms with Gasteiger partial charge in [-0.15, -0.1) is 0 Å². The van der Waals surface area contributed by atoms with Gasteiger partial charge in [-0.3, -0.25) is 19.3 Å². The van der Waals surface area contributed by atoms with E-state index in [1.54, 1.807) is 29.2 Å². The lowest BCUT2D eigenvalue weighted by Crippen LogP contribution is -2.45. The second-order valence-electron chi connectivity index (χ2n) is 7.14. The lowest BCUT2D eigenvalue weighted by atomic mass is 10.00. The molecule has 0 saturated carbocycles. The number of carbonyl (C=O) groups is 4. The maximum Gasteiger partial charge on any atom is 0.329 e. The summed E-state index contributed by atoms with van der Waals surface area (Å²) in [4.78, 5) is 52.4. The van der Waals surface area contributed by atoms with Gasteiger partial charge in [-0.05, 0) is 36.6 Å². The molecule has 0 radical (unpaired) electrons. The van der Waals surface area contributed by atoms with Crippen LogP contribution in [0.25, 0.3) is 0 Å². The van der Waals surface area contributed by atoms with Crippen LogP contribution in [-0.4, -0.2) is 52.7 Å². The Hall–Kier alpha value is -3.48. The number of benzene rings is 2. The predicted molar refractivity (Wildman–Crippen MR) is 103 cm³/mol. The van der Waals surface area contributed by atoms with E-state index in [1.165, 1.54) is 12.5 Å². The van der Waals surface area contributed by atoms with Crippen molar-refractivity contribution in [1.29, 1.82) is 0 Å². The molecule has 0 aromatic heterocycles. The van der Waals surface area contributed by atoms with Crippen LogP contribution in [0, 0.1) is 0 Å². The molecule has 2 aliphatic heterocycles. The van der Waals surface area contributed by atoms with Gasteiger partial charge in [0.2, 0.25) is 0 Å². The number of carbonyl (C=O) groups excluding carboxylic acids is 4. The molecule has 7 nitrogen and oxygen atoms in total. The molecule has 2 aromatic rings. The Bertz CT molecular complexity index is 981. The predicted octanol–water partition coefficient (Wildman–Crippen LogP) is 1.80. The summed E-state index contributed by atoms with van der Waals surface area (Å²) >= 11 is 0. The quantitative estimate of drug-likeness (QED) is 0.585. The summed E-state index contributed by atoms with van der Waals surface area (Å²) < 4.78 is 5.14. The minimum atomic E-state index is -1.11. The summed E-state index contributed by atoms with van der Waals surface area (Å²) in [6.07, 6.45) is 0.751. The standard InChI is InChI=1S/C22H20N2O5/c1-14(24-20(26)17-8-4-5-9-18(17)21(24)27)22(28)29-13-19(25)23-11-10-15-6-2-3-7-16(15)12-23/h2-9,14H,10-13H2,1H3/t14-/m1/s1. The van der Waals surface area contributed by atoms with Crippen LogP contribution in [0.15, 0.2) is 48.5 Å². The summed E-state index contributed by atoms with van der Waals surface area (Å²) in [5, 5.41) is 0. The summed E-state index contributed by atoms with van der Waals surface area (Å²) in [7, 11) is 0. The van der Waals surface area contributed by atoms with E-state index < -0.39 is 30.4 Å². The fourth-order valence-electron chi connectivity index (χ4n) is 3.72. The van der Waals surface area contributed by atoms with Gasteiger partial charge in [-0.25, -0.2) is 4.79 Å². The van der Waals surface area contributed by atoms with Crippen LogP contribution >= 0.6 is 0 Å². The van der Waals surface area contributed by atoms with E-state index in [0.29, 0.717) is 13.1 Å². The number of hydrogen-bond acceptors (Lipinski definition) is 5. The highest BCUT2D eigenvalue weighted by molar-refractivity contribution is 6.22. The highest BCUT2D eigenvalue weighted by Crippen LogP contribution is 2.25. The smallest absolute Gasteiger partial charge is 0.329 e. The largest absolute Gasteiger partial charge is 0.454 e. The average Bonchev–Trinajstić information content (AvgIpc) is 3.01. The van der Waals surface area contributed by atoms with Crippen LogP contribution in [-0.2, 0) is 27.3 Å². The van der Waals surface area contributed by atoms with E-state index in [0.717, 1.165) is 16.9 Å². The molecule has 4 rings (SSSR count). The van der Waals surface area contributed by atoms with Crippen LogP contribution in [0.3, 0.4) is 0 Å². The van der Waals surface area contributed by atoms with Crippen molar-refractivity contribution in [3.8, 4) is 0 Å². The summed E-state index contributed by atoms with van der Waals surface area (Å²) in [6, 6.07) is 13.2. The lowest BCUT2D eigenvalue weighted by molar-refractivity contribution is -0.155. The first-order valence-electron chi connectivity index (χ1n) is 9.45. The van der Waals surface area contributed by atoms with Crippen molar-refractivity contribution in [3.63, 3.8) is 0 Å². The van der Waals surface area contributed by atoms with Crippen molar-refractivity contribution >= 4 is 23.7 Å². The Labute approximate surface area is 167 Å². The number of esters is 1. The van der Waals surface area contributed by atoms with Crippen molar-refractivity contribution in [2.24, 2.45) is 0 Å². The summed E-state index contributed by atoms with van der Waals surface area (Å²) in [5.74, 6) is -2.16. The van der Waals surface area contributed by atoms with Gasteiger partial charge in [0.05, 0.1) is 11.1 Å². The number of rotatable bonds is 4. The Kier molecular flexibility index (Phi) is 4.88. The Morgan fingerprint density at radius 2 is 1.55 bits per heavy atom. The molecule has 0 unspecified atom stereocenters. The Balaban J connectivity index is 1.36. The van der Waals surface area contributed by atoms with Gasteiger partial charge in [-0.1, -0.05) is 36.4 Å². The minimum Gasteiger partial charge on any atom is -0.454 e. The normalized spacial score (nSPS) is 16.3. The molecular weight excluding hydrogens is 372 g/mol. The molecule has 0 N–H and O–H groups in total. The first-order chi connectivity index (χ1) is 14.0. The molecule has 2 aromatic carbocycles. The first-order valence-corrected chi connectivity index (χ1v) is 9.45. The zero-order chi connectivity index (χ0) is 20.5. The highest BCUT2D eigenvalue weighted by Gasteiger charge is 2.41. The van der Waals surface area contributed by atoms with Crippen molar-refractivity contribution in [2.75, 3.05) is 13.2 Å². The number of imide groups is 1. The summed E-state index contributed by atoms with van der Waals surface area (Å²) in [5.41, 5.74) is 2.83. The molecule has 0 saturated heterocycles. The molecule has 148 valence electrons. The monoisotopic (exact) mass is 392 g/mol. The highest BCUT2D eigenvalue weighted by atomic mass is 16.5. The third kappa shape index (κ3) is 3.40. The van der Waals surface area contributed by atoms with Gasteiger partial charge >= 0.3 is 5.97 Å². The van der Waals surface area contributed by atoms with Crippen LogP contribution in [0.4, 0.5) is 0 Å². The SMILES string of the molecule is C[C@H](C(=O)OCC(=O)N1CCc2ccccc2C1)N1C(=O)c2ccccc2C1=O. The Morgan fingerprint density at radius 3 is 2.21 bits per heavy atom. The lowest BCUT2D eigenvalue weighted by Gasteiger charge is -2.29. The van der Waals surface area contributed by atoms with Gasteiger partial charge in [0.25, 0.3) is 17.7 Å². The topological polar surface area (TPSA) is 84.0 Å². The number of hydrogen-bond donors (Lipinski definition) is 0. The number of amides is 3. The molecule has 3 amide bonds. The van der Waals surface area contributed by atoms with Crippen molar-refractivity contribution in [1.82, 2.24) is 9.80 Å². The van der Waals surface area contributed by atoms with Crippen molar-refractivity contribution in [2.45, 2.75) is 25.9 Å².